The molecule has 0 amide bonds. The van der Waals surface area contributed by atoms with Crippen molar-refractivity contribution in [2.45, 2.75) is 35.5 Å². The van der Waals surface area contributed by atoms with Gasteiger partial charge in [0.2, 0.25) is 0 Å². The van der Waals surface area contributed by atoms with Crippen LogP contribution in [0.15, 0.2) is 243 Å². The van der Waals surface area contributed by atoms with Gasteiger partial charge in [-0.1, -0.05) is 243 Å². The van der Waals surface area contributed by atoms with E-state index in [0.717, 1.165) is 11.1 Å². The van der Waals surface area contributed by atoms with Crippen molar-refractivity contribution in [1.82, 2.24) is 0 Å². The van der Waals surface area contributed by atoms with Crippen molar-refractivity contribution in [1.29, 1.82) is 0 Å². The van der Waals surface area contributed by atoms with Crippen LogP contribution in [0.1, 0.15) is 84.4 Å². The Kier molecular flexibility index (Phi) is 8.44. The van der Waals surface area contributed by atoms with Crippen LogP contribution in [0.4, 0.5) is 0 Å². The lowest BCUT2D eigenvalue weighted by atomic mass is 9.70. The third-order valence-corrected chi connectivity index (χ3v) is 16.4. The van der Waals surface area contributed by atoms with Crippen LogP contribution in [-0.4, -0.2) is 5.78 Å². The van der Waals surface area contributed by atoms with E-state index in [9.17, 15) is 4.79 Å². The second kappa shape index (κ2) is 14.7. The molecule has 0 N–H and O–H groups in total. The fourth-order valence-corrected chi connectivity index (χ4v) is 13.9. The maximum Gasteiger partial charge on any atom is 0.164 e. The van der Waals surface area contributed by atoms with Crippen LogP contribution in [0.25, 0.3) is 44.5 Å². The summed E-state index contributed by atoms with van der Waals surface area (Å²) in [5.74, 6) is 0.252. The third-order valence-electron chi connectivity index (χ3n) is 16.4. The van der Waals surface area contributed by atoms with Crippen LogP contribution in [0.2, 0.25) is 0 Å². The minimum atomic E-state index is -0.291. The van der Waals surface area contributed by atoms with Crippen LogP contribution in [-0.2, 0) is 22.7 Å². The van der Waals surface area contributed by atoms with Gasteiger partial charge in [-0.3, -0.25) is 4.79 Å². The number of ketones is 1. The fraction of sp³-hybridized carbons (Fsp3) is 0.0896. The molecule has 0 saturated heterocycles. The Morgan fingerprint density at radius 2 is 0.500 bits per heavy atom. The number of hydrogen-bond acceptors (Lipinski definition) is 1. The van der Waals surface area contributed by atoms with E-state index < -0.39 is 0 Å². The number of carbonyl (C=O) groups is 1. The van der Waals surface area contributed by atoms with Crippen molar-refractivity contribution in [2.75, 3.05) is 0 Å². The normalized spacial score (nSPS) is 15.9. The Labute approximate surface area is 398 Å². The van der Waals surface area contributed by atoms with Crippen LogP contribution in [0, 0.1) is 0 Å². The number of hydrogen-bond donors (Lipinski definition) is 0. The molecule has 68 heavy (non-hydrogen) atoms. The monoisotopic (exact) mass is 866 g/mol. The fourth-order valence-electron chi connectivity index (χ4n) is 13.9. The topological polar surface area (TPSA) is 17.1 Å². The van der Waals surface area contributed by atoms with Gasteiger partial charge >= 0.3 is 0 Å². The molecular weight excluding hydrogens is 821 g/mol. The Bertz CT molecular complexity index is 3440. The van der Waals surface area contributed by atoms with Crippen molar-refractivity contribution in [3.63, 3.8) is 0 Å². The van der Waals surface area contributed by atoms with Gasteiger partial charge in [0, 0.05) is 17.4 Å². The Hall–Kier alpha value is -8.13. The van der Waals surface area contributed by atoms with Gasteiger partial charge in [-0.15, -0.1) is 0 Å². The molecule has 0 saturated carbocycles. The highest BCUT2D eigenvalue weighted by Gasteiger charge is 2.53. The van der Waals surface area contributed by atoms with E-state index in [0.29, 0.717) is 6.42 Å². The molecule has 0 atom stereocenters. The second-order valence-electron chi connectivity index (χ2n) is 19.2. The zero-order valence-corrected chi connectivity index (χ0v) is 37.6. The molecule has 320 valence electrons. The number of fused-ring (bicyclic) bond motifs is 24. The van der Waals surface area contributed by atoms with E-state index in [-0.39, 0.29) is 22.0 Å². The van der Waals surface area contributed by atoms with Gasteiger partial charge in [-0.05, 0) is 119 Å². The summed E-state index contributed by atoms with van der Waals surface area (Å²) in [6.07, 6.45) is 2.92. The molecule has 0 heterocycles. The SMILES string of the molecule is O=C1CC2(c3ccccc31)c1ccccc1-c1ccccc12.c1ccc2c(c1)-c1ccccc1C21c2ccccc2-c2ccccc21.c1ccc2c(c1)CCC21c2ccccc2-c2ccccc21. The molecule has 0 aliphatic heterocycles. The molecule has 6 aliphatic carbocycles. The highest BCUT2D eigenvalue weighted by atomic mass is 16.1. The summed E-state index contributed by atoms with van der Waals surface area (Å²) in [7, 11) is 0. The Morgan fingerprint density at radius 3 is 0.868 bits per heavy atom. The predicted molar refractivity (Wildman–Crippen MR) is 276 cm³/mol. The van der Waals surface area contributed by atoms with Crippen molar-refractivity contribution >= 4 is 5.78 Å². The average Bonchev–Trinajstić information content (AvgIpc) is 4.24. The molecular formula is C67H46O. The quantitative estimate of drug-likeness (QED) is 0.148. The number of aryl methyl sites for hydroxylation is 1. The maximum absolute atomic E-state index is 12.6. The first-order valence-electron chi connectivity index (χ1n) is 24.1. The van der Waals surface area contributed by atoms with Gasteiger partial charge in [0.25, 0.3) is 0 Å². The van der Waals surface area contributed by atoms with Crippen LogP contribution < -0.4 is 0 Å². The standard InChI is InChI=1S/C25H16.C21H14O.C21H16/c1-5-13-21-17(9-1)18-10-2-6-14-22(18)25(21)23-15-7-3-11-19(23)20-12-4-8-16-24(20)25;22-20-13-21(19-12-6-3-9-16(19)20)17-10-4-1-7-14(17)15-8-2-5-11-18(15)21;1-4-10-18-15(7-1)13-14-21(18)19-11-5-2-8-16(19)17-9-3-6-12-20(17)21/h1-16H;1-12H,13H2;1-12H,13-14H2. The minimum absolute atomic E-state index is 0.0871. The summed E-state index contributed by atoms with van der Waals surface area (Å²) in [4.78, 5) is 12.6. The number of benzene rings is 10. The first-order valence-corrected chi connectivity index (χ1v) is 24.1. The summed E-state index contributed by atoms with van der Waals surface area (Å²) in [6, 6.07) is 87.7. The smallest absolute Gasteiger partial charge is 0.164 e. The highest BCUT2D eigenvalue weighted by molar-refractivity contribution is 6.06. The summed E-state index contributed by atoms with van der Waals surface area (Å²) in [5.41, 5.74) is 26.7. The predicted octanol–water partition coefficient (Wildman–Crippen LogP) is 15.6. The zero-order chi connectivity index (χ0) is 45.0. The summed E-state index contributed by atoms with van der Waals surface area (Å²) < 4.78 is 0. The maximum atomic E-state index is 12.6. The molecule has 3 spiro atoms. The molecule has 0 fully saturated rings. The zero-order valence-electron chi connectivity index (χ0n) is 37.6. The van der Waals surface area contributed by atoms with E-state index in [1.54, 1.807) is 0 Å². The molecule has 16 rings (SSSR count). The third kappa shape index (κ3) is 5.03. The lowest BCUT2D eigenvalue weighted by Crippen LogP contribution is -2.25. The summed E-state index contributed by atoms with van der Waals surface area (Å²) in [6.45, 7) is 0. The lowest BCUT2D eigenvalue weighted by molar-refractivity contribution is 0.0984. The van der Waals surface area contributed by atoms with E-state index in [1.165, 1.54) is 113 Å². The van der Waals surface area contributed by atoms with Gasteiger partial charge in [-0.25, -0.2) is 0 Å². The molecule has 0 bridgehead atoms. The molecule has 0 aromatic heterocycles. The van der Waals surface area contributed by atoms with Gasteiger partial charge < -0.3 is 0 Å². The lowest BCUT2D eigenvalue weighted by Gasteiger charge is -2.30. The van der Waals surface area contributed by atoms with Gasteiger partial charge in [0.1, 0.15) is 0 Å². The van der Waals surface area contributed by atoms with Crippen molar-refractivity contribution in [2.24, 2.45) is 0 Å². The van der Waals surface area contributed by atoms with E-state index in [4.69, 9.17) is 0 Å². The largest absolute Gasteiger partial charge is 0.294 e. The molecule has 0 unspecified atom stereocenters. The van der Waals surface area contributed by atoms with E-state index in [2.05, 4.69) is 224 Å². The van der Waals surface area contributed by atoms with Crippen LogP contribution in [0.3, 0.4) is 0 Å². The molecule has 1 heteroatoms. The number of Topliss-reactive ketones (excluding diaryl/α,β-unsaturated/α-hetero) is 1. The van der Waals surface area contributed by atoms with E-state index >= 15 is 0 Å². The average molecular weight is 867 g/mol. The molecule has 0 radical (unpaired) electrons. The molecule has 10 aromatic rings. The van der Waals surface area contributed by atoms with Gasteiger partial charge in [-0.2, -0.15) is 0 Å². The first kappa shape index (κ1) is 39.1. The minimum Gasteiger partial charge on any atom is -0.294 e. The molecule has 10 aromatic carbocycles. The van der Waals surface area contributed by atoms with Crippen LogP contribution >= 0.6 is 0 Å². The summed E-state index contributed by atoms with van der Waals surface area (Å²) in [5, 5.41) is 0. The number of carbonyl (C=O) groups excluding carboxylic acids is 1. The molecule has 1 nitrogen and oxygen atoms in total. The van der Waals surface area contributed by atoms with E-state index in [1.807, 2.05) is 18.2 Å². The molecule has 6 aliphatic rings. The Morgan fingerprint density at radius 1 is 0.250 bits per heavy atom. The highest BCUT2D eigenvalue weighted by Crippen LogP contribution is 2.63. The van der Waals surface area contributed by atoms with Gasteiger partial charge in [0.15, 0.2) is 5.78 Å². The summed E-state index contributed by atoms with van der Waals surface area (Å²) >= 11 is 0. The van der Waals surface area contributed by atoms with Crippen LogP contribution in [0.5, 0.6) is 0 Å². The Balaban J connectivity index is 0.0000000969. The van der Waals surface area contributed by atoms with Crippen molar-refractivity contribution < 1.29 is 4.79 Å². The number of rotatable bonds is 0. The first-order chi connectivity index (χ1) is 33.7. The van der Waals surface area contributed by atoms with Crippen molar-refractivity contribution in [3.8, 4) is 44.5 Å². The van der Waals surface area contributed by atoms with Crippen molar-refractivity contribution in [3.05, 3.63) is 309 Å². The second-order valence-corrected chi connectivity index (χ2v) is 19.2. The van der Waals surface area contributed by atoms with Gasteiger partial charge in [0.05, 0.1) is 10.8 Å².